The van der Waals surface area contributed by atoms with Gasteiger partial charge in [-0.25, -0.2) is 4.39 Å². The van der Waals surface area contributed by atoms with Gasteiger partial charge in [-0.3, -0.25) is 4.79 Å². The van der Waals surface area contributed by atoms with Gasteiger partial charge in [0.05, 0.1) is 0 Å². The van der Waals surface area contributed by atoms with Gasteiger partial charge in [-0.1, -0.05) is 13.8 Å². The first kappa shape index (κ1) is 14.0. The lowest BCUT2D eigenvalue weighted by Gasteiger charge is -2.21. The summed E-state index contributed by atoms with van der Waals surface area (Å²) < 4.78 is 12.7. The van der Waals surface area contributed by atoms with E-state index in [1.165, 1.54) is 24.3 Å². The molecule has 1 N–H and O–H groups in total. The van der Waals surface area contributed by atoms with Gasteiger partial charge in [-0.15, -0.1) is 11.6 Å². The van der Waals surface area contributed by atoms with Crippen molar-refractivity contribution in [3.8, 4) is 0 Å². The molecule has 1 rings (SSSR count). The van der Waals surface area contributed by atoms with Crippen LogP contribution in [0.5, 0.6) is 0 Å². The van der Waals surface area contributed by atoms with E-state index in [1.807, 2.05) is 13.8 Å². The van der Waals surface area contributed by atoms with Crippen molar-refractivity contribution in [3.63, 3.8) is 0 Å². The predicted molar refractivity (Wildman–Crippen MR) is 67.8 cm³/mol. The smallest absolute Gasteiger partial charge is 0.251 e. The molecule has 1 aromatic rings. The third-order valence-corrected chi connectivity index (χ3v) is 2.87. The Hall–Kier alpha value is -1.09. The molecule has 0 saturated heterocycles. The number of hydrogen-bond acceptors (Lipinski definition) is 1. The molecule has 0 aromatic heterocycles. The Balaban J connectivity index is 2.66. The molecule has 17 heavy (non-hydrogen) atoms. The van der Waals surface area contributed by atoms with Crippen LogP contribution in [0.25, 0.3) is 0 Å². The van der Waals surface area contributed by atoms with Gasteiger partial charge >= 0.3 is 0 Å². The molecule has 0 heterocycles. The highest BCUT2D eigenvalue weighted by atomic mass is 35.5. The Labute approximate surface area is 106 Å². The first-order valence-corrected chi connectivity index (χ1v) is 6.20. The molecule has 0 aliphatic heterocycles. The summed E-state index contributed by atoms with van der Waals surface area (Å²) in [5, 5.41) is 2.91. The molecule has 1 amide bonds. The number of nitrogens with one attached hydrogen (secondary N) is 1. The van der Waals surface area contributed by atoms with Crippen molar-refractivity contribution < 1.29 is 9.18 Å². The van der Waals surface area contributed by atoms with Crippen molar-refractivity contribution in [2.45, 2.75) is 26.3 Å². The zero-order chi connectivity index (χ0) is 12.8. The summed E-state index contributed by atoms with van der Waals surface area (Å²) in [6, 6.07) is 5.55. The molecule has 0 aliphatic carbocycles. The van der Waals surface area contributed by atoms with Crippen LogP contribution in [-0.2, 0) is 0 Å². The van der Waals surface area contributed by atoms with Crippen molar-refractivity contribution in [2.75, 3.05) is 5.88 Å². The number of benzene rings is 1. The van der Waals surface area contributed by atoms with Gasteiger partial charge in [0.1, 0.15) is 5.82 Å². The molecular formula is C13H17ClFNO. The van der Waals surface area contributed by atoms with Gasteiger partial charge in [0.2, 0.25) is 0 Å². The number of hydrogen-bond donors (Lipinski definition) is 1. The van der Waals surface area contributed by atoms with E-state index >= 15 is 0 Å². The zero-order valence-electron chi connectivity index (χ0n) is 10.0. The molecule has 0 radical (unpaired) electrons. The summed E-state index contributed by atoms with van der Waals surface area (Å²) in [5.74, 6) is 0.293. The van der Waals surface area contributed by atoms with Crippen LogP contribution in [0.15, 0.2) is 24.3 Å². The third-order valence-electron chi connectivity index (χ3n) is 2.65. The van der Waals surface area contributed by atoms with Crippen LogP contribution in [0.2, 0.25) is 0 Å². The fraction of sp³-hybridized carbons (Fsp3) is 0.462. The molecule has 1 aromatic carbocycles. The zero-order valence-corrected chi connectivity index (χ0v) is 10.8. The highest BCUT2D eigenvalue weighted by Crippen LogP contribution is 2.09. The lowest BCUT2D eigenvalue weighted by molar-refractivity contribution is 0.0925. The summed E-state index contributed by atoms with van der Waals surface area (Å²) in [6.45, 7) is 4.06. The second-order valence-electron chi connectivity index (χ2n) is 4.31. The molecule has 0 fully saturated rings. The van der Waals surface area contributed by atoms with Crippen LogP contribution in [-0.4, -0.2) is 17.8 Å². The van der Waals surface area contributed by atoms with Gasteiger partial charge in [0, 0.05) is 17.5 Å². The monoisotopic (exact) mass is 257 g/mol. The summed E-state index contributed by atoms with van der Waals surface area (Å²) >= 11 is 5.69. The Morgan fingerprint density at radius 3 is 2.41 bits per heavy atom. The topological polar surface area (TPSA) is 29.1 Å². The molecule has 1 atom stereocenters. The molecule has 2 nitrogen and oxygen atoms in total. The van der Waals surface area contributed by atoms with Crippen LogP contribution in [0.4, 0.5) is 4.39 Å². The average molecular weight is 258 g/mol. The van der Waals surface area contributed by atoms with E-state index in [9.17, 15) is 9.18 Å². The van der Waals surface area contributed by atoms with Crippen LogP contribution in [0, 0.1) is 11.7 Å². The third kappa shape index (κ3) is 4.35. The molecule has 0 saturated carbocycles. The number of rotatable bonds is 5. The van der Waals surface area contributed by atoms with Crippen LogP contribution in [0.1, 0.15) is 30.6 Å². The first-order chi connectivity index (χ1) is 8.04. The van der Waals surface area contributed by atoms with Gasteiger partial charge in [-0.05, 0) is 36.6 Å². The number of alkyl halides is 1. The fourth-order valence-electron chi connectivity index (χ4n) is 1.54. The number of carbonyl (C=O) groups excluding carboxylic acids is 1. The number of carbonyl (C=O) groups is 1. The Kier molecular flexibility index (Phi) is 5.42. The molecular weight excluding hydrogens is 241 g/mol. The molecule has 4 heteroatoms. The normalized spacial score (nSPS) is 12.5. The quantitative estimate of drug-likeness (QED) is 0.807. The Morgan fingerprint density at radius 1 is 1.35 bits per heavy atom. The van der Waals surface area contributed by atoms with Crippen LogP contribution >= 0.6 is 11.6 Å². The largest absolute Gasteiger partial charge is 0.349 e. The van der Waals surface area contributed by atoms with Gasteiger partial charge in [0.15, 0.2) is 0 Å². The summed E-state index contributed by atoms with van der Waals surface area (Å²) in [7, 11) is 0. The first-order valence-electron chi connectivity index (χ1n) is 5.67. The molecule has 0 aliphatic rings. The van der Waals surface area contributed by atoms with Gasteiger partial charge in [-0.2, -0.15) is 0 Å². The Bertz CT molecular complexity index is 364. The van der Waals surface area contributed by atoms with E-state index in [1.54, 1.807) is 0 Å². The number of amides is 1. The second-order valence-corrected chi connectivity index (χ2v) is 4.69. The van der Waals surface area contributed by atoms with Crippen LogP contribution < -0.4 is 5.32 Å². The van der Waals surface area contributed by atoms with E-state index in [0.29, 0.717) is 17.4 Å². The van der Waals surface area contributed by atoms with Crippen molar-refractivity contribution in [2.24, 2.45) is 5.92 Å². The summed E-state index contributed by atoms with van der Waals surface area (Å²) in [6.07, 6.45) is 0.728. The SMILES string of the molecule is CC(C)C(CCCl)NC(=O)c1ccc(F)cc1. The second kappa shape index (κ2) is 6.60. The van der Waals surface area contributed by atoms with Crippen molar-refractivity contribution in [1.82, 2.24) is 5.32 Å². The molecule has 0 bridgehead atoms. The standard InChI is InChI=1S/C13H17ClFNO/c1-9(2)12(7-8-14)16-13(17)10-3-5-11(15)6-4-10/h3-6,9,12H,7-8H2,1-2H3,(H,16,17). The highest BCUT2D eigenvalue weighted by Gasteiger charge is 2.16. The minimum Gasteiger partial charge on any atom is -0.349 e. The van der Waals surface area contributed by atoms with Gasteiger partial charge in [0.25, 0.3) is 5.91 Å². The van der Waals surface area contributed by atoms with E-state index in [0.717, 1.165) is 6.42 Å². The van der Waals surface area contributed by atoms with E-state index < -0.39 is 0 Å². The average Bonchev–Trinajstić information content (AvgIpc) is 2.29. The lowest BCUT2D eigenvalue weighted by Crippen LogP contribution is -2.38. The Morgan fingerprint density at radius 2 is 1.94 bits per heavy atom. The molecule has 94 valence electrons. The van der Waals surface area contributed by atoms with E-state index in [-0.39, 0.29) is 17.8 Å². The van der Waals surface area contributed by atoms with Crippen molar-refractivity contribution >= 4 is 17.5 Å². The van der Waals surface area contributed by atoms with Crippen molar-refractivity contribution in [1.29, 1.82) is 0 Å². The molecule has 0 spiro atoms. The van der Waals surface area contributed by atoms with Crippen LogP contribution in [0.3, 0.4) is 0 Å². The van der Waals surface area contributed by atoms with E-state index in [2.05, 4.69) is 5.32 Å². The summed E-state index contributed by atoms with van der Waals surface area (Å²) in [5.41, 5.74) is 0.464. The van der Waals surface area contributed by atoms with Crippen molar-refractivity contribution in [3.05, 3.63) is 35.6 Å². The van der Waals surface area contributed by atoms with E-state index in [4.69, 9.17) is 11.6 Å². The maximum atomic E-state index is 12.7. The predicted octanol–water partition coefficient (Wildman–Crippen LogP) is 3.21. The highest BCUT2D eigenvalue weighted by molar-refractivity contribution is 6.17. The molecule has 1 unspecified atom stereocenters. The lowest BCUT2D eigenvalue weighted by atomic mass is 10.0. The maximum absolute atomic E-state index is 12.7. The minimum atomic E-state index is -0.345. The maximum Gasteiger partial charge on any atom is 0.251 e. The fourth-order valence-corrected chi connectivity index (χ4v) is 1.78. The van der Waals surface area contributed by atoms with Gasteiger partial charge < -0.3 is 5.32 Å². The minimum absolute atomic E-state index is 0.0463. The summed E-state index contributed by atoms with van der Waals surface area (Å²) in [4.78, 5) is 11.9. The number of halogens is 2.